The lowest BCUT2D eigenvalue weighted by Gasteiger charge is -2.14. The second kappa shape index (κ2) is 6.96. The molecular weight excluding hydrogens is 250 g/mol. The Balaban J connectivity index is 1.75. The van der Waals surface area contributed by atoms with E-state index >= 15 is 0 Å². The molecule has 0 radical (unpaired) electrons. The van der Waals surface area contributed by atoms with E-state index in [9.17, 15) is 5.11 Å². The van der Waals surface area contributed by atoms with Crippen molar-refractivity contribution >= 4 is 5.69 Å². The quantitative estimate of drug-likeness (QED) is 0.848. The number of benzene rings is 2. The minimum Gasteiger partial charge on any atom is -0.491 e. The van der Waals surface area contributed by atoms with Crippen LogP contribution in [0.3, 0.4) is 0 Å². The molecule has 3 heteroatoms. The molecule has 1 unspecified atom stereocenters. The van der Waals surface area contributed by atoms with E-state index in [1.807, 2.05) is 62.4 Å². The summed E-state index contributed by atoms with van der Waals surface area (Å²) >= 11 is 0. The van der Waals surface area contributed by atoms with Gasteiger partial charge in [-0.15, -0.1) is 0 Å². The van der Waals surface area contributed by atoms with Crippen molar-refractivity contribution in [1.29, 1.82) is 0 Å². The van der Waals surface area contributed by atoms with E-state index < -0.39 is 6.10 Å². The predicted molar refractivity (Wildman–Crippen MR) is 82.3 cm³/mol. The molecule has 106 valence electrons. The molecular formula is C17H21NO2. The molecule has 0 saturated carbocycles. The highest BCUT2D eigenvalue weighted by atomic mass is 16.5. The summed E-state index contributed by atoms with van der Waals surface area (Å²) < 4.78 is 5.54. The fraction of sp³-hybridized carbons (Fsp3) is 0.294. The van der Waals surface area contributed by atoms with Crippen LogP contribution >= 0.6 is 0 Å². The molecule has 2 aromatic rings. The van der Waals surface area contributed by atoms with Crippen LogP contribution < -0.4 is 10.1 Å². The van der Waals surface area contributed by atoms with E-state index in [0.29, 0.717) is 6.54 Å². The number of hydrogen-bond acceptors (Lipinski definition) is 3. The second-order valence-corrected chi connectivity index (χ2v) is 5.03. The SMILES string of the molecule is Cc1ccc(OCC(O)CNc2cccc(C)c2)cc1. The molecule has 0 aliphatic heterocycles. The summed E-state index contributed by atoms with van der Waals surface area (Å²) in [6.45, 7) is 4.82. The number of aryl methyl sites for hydroxylation is 2. The first-order chi connectivity index (χ1) is 9.63. The highest BCUT2D eigenvalue weighted by molar-refractivity contribution is 5.45. The van der Waals surface area contributed by atoms with Gasteiger partial charge in [0.05, 0.1) is 0 Å². The molecule has 0 heterocycles. The average molecular weight is 271 g/mol. The lowest BCUT2D eigenvalue weighted by Crippen LogP contribution is -2.26. The summed E-state index contributed by atoms with van der Waals surface area (Å²) in [4.78, 5) is 0. The standard InChI is InChI=1S/C17H21NO2/c1-13-6-8-17(9-7-13)20-12-16(19)11-18-15-5-3-4-14(2)10-15/h3-10,16,18-19H,11-12H2,1-2H3. The molecule has 2 aromatic carbocycles. The molecule has 2 N–H and O–H groups in total. The number of nitrogens with one attached hydrogen (secondary N) is 1. The van der Waals surface area contributed by atoms with Gasteiger partial charge in [0.2, 0.25) is 0 Å². The van der Waals surface area contributed by atoms with Crippen molar-refractivity contribution in [2.75, 3.05) is 18.5 Å². The summed E-state index contributed by atoms with van der Waals surface area (Å²) in [5.74, 6) is 0.783. The third kappa shape index (κ3) is 4.59. The monoisotopic (exact) mass is 271 g/mol. The fourth-order valence-corrected chi connectivity index (χ4v) is 1.88. The van der Waals surface area contributed by atoms with Crippen molar-refractivity contribution in [1.82, 2.24) is 0 Å². The summed E-state index contributed by atoms with van der Waals surface area (Å²) in [6.07, 6.45) is -0.545. The van der Waals surface area contributed by atoms with Crippen molar-refractivity contribution in [3.8, 4) is 5.75 Å². The lowest BCUT2D eigenvalue weighted by atomic mass is 10.2. The summed E-state index contributed by atoms with van der Waals surface area (Å²) in [5, 5.41) is 13.1. The highest BCUT2D eigenvalue weighted by Crippen LogP contribution is 2.12. The zero-order valence-electron chi connectivity index (χ0n) is 12.0. The first-order valence-corrected chi connectivity index (χ1v) is 6.81. The minimum absolute atomic E-state index is 0.280. The van der Waals surface area contributed by atoms with Crippen LogP contribution in [-0.4, -0.2) is 24.4 Å². The van der Waals surface area contributed by atoms with Crippen molar-refractivity contribution in [3.63, 3.8) is 0 Å². The number of aliphatic hydroxyl groups is 1. The lowest BCUT2D eigenvalue weighted by molar-refractivity contribution is 0.117. The Morgan fingerprint density at radius 2 is 1.80 bits per heavy atom. The zero-order valence-corrected chi connectivity index (χ0v) is 12.0. The largest absolute Gasteiger partial charge is 0.491 e. The smallest absolute Gasteiger partial charge is 0.119 e. The van der Waals surface area contributed by atoms with Crippen LogP contribution in [0.15, 0.2) is 48.5 Å². The van der Waals surface area contributed by atoms with Crippen molar-refractivity contribution in [2.45, 2.75) is 20.0 Å². The van der Waals surface area contributed by atoms with Crippen LogP contribution in [0.4, 0.5) is 5.69 Å². The van der Waals surface area contributed by atoms with Gasteiger partial charge >= 0.3 is 0 Å². The maximum Gasteiger partial charge on any atom is 0.119 e. The normalized spacial score (nSPS) is 11.9. The average Bonchev–Trinajstić information content (AvgIpc) is 2.45. The van der Waals surface area contributed by atoms with E-state index in [1.54, 1.807) is 0 Å². The molecule has 0 amide bonds. The number of anilines is 1. The Morgan fingerprint density at radius 3 is 2.50 bits per heavy atom. The van der Waals surface area contributed by atoms with Gasteiger partial charge in [-0.25, -0.2) is 0 Å². The van der Waals surface area contributed by atoms with E-state index in [4.69, 9.17) is 4.74 Å². The van der Waals surface area contributed by atoms with Gasteiger partial charge in [0.15, 0.2) is 0 Å². The summed E-state index contributed by atoms with van der Waals surface area (Å²) in [6, 6.07) is 15.9. The Labute approximate surface area is 120 Å². The van der Waals surface area contributed by atoms with Gasteiger partial charge in [-0.2, -0.15) is 0 Å². The maximum atomic E-state index is 9.91. The van der Waals surface area contributed by atoms with Crippen LogP contribution in [-0.2, 0) is 0 Å². The van der Waals surface area contributed by atoms with Crippen LogP contribution in [0, 0.1) is 13.8 Å². The molecule has 0 fully saturated rings. The number of rotatable bonds is 6. The van der Waals surface area contributed by atoms with Gasteiger partial charge in [-0.3, -0.25) is 0 Å². The van der Waals surface area contributed by atoms with E-state index in [-0.39, 0.29) is 6.61 Å². The van der Waals surface area contributed by atoms with Crippen LogP contribution in [0.2, 0.25) is 0 Å². The van der Waals surface area contributed by atoms with Crippen molar-refractivity contribution < 1.29 is 9.84 Å². The Kier molecular flexibility index (Phi) is 5.02. The molecule has 1 atom stereocenters. The molecule has 2 rings (SSSR count). The van der Waals surface area contributed by atoms with Gasteiger partial charge in [0, 0.05) is 12.2 Å². The van der Waals surface area contributed by atoms with E-state index in [2.05, 4.69) is 5.32 Å². The highest BCUT2D eigenvalue weighted by Gasteiger charge is 2.05. The molecule has 0 aliphatic rings. The third-order valence-corrected chi connectivity index (χ3v) is 3.02. The number of hydrogen-bond donors (Lipinski definition) is 2. The summed E-state index contributed by atoms with van der Waals surface area (Å²) in [5.41, 5.74) is 3.40. The number of ether oxygens (including phenoxy) is 1. The minimum atomic E-state index is -0.545. The van der Waals surface area contributed by atoms with Crippen LogP contribution in [0.1, 0.15) is 11.1 Å². The Bertz CT molecular complexity index is 537. The van der Waals surface area contributed by atoms with Crippen LogP contribution in [0.25, 0.3) is 0 Å². The van der Waals surface area contributed by atoms with Gasteiger partial charge in [-0.1, -0.05) is 29.8 Å². The zero-order chi connectivity index (χ0) is 14.4. The van der Waals surface area contributed by atoms with E-state index in [1.165, 1.54) is 11.1 Å². The number of aliphatic hydroxyl groups excluding tert-OH is 1. The first-order valence-electron chi connectivity index (χ1n) is 6.81. The molecule has 0 aliphatic carbocycles. The molecule has 0 bridgehead atoms. The van der Waals surface area contributed by atoms with Gasteiger partial charge in [0.25, 0.3) is 0 Å². The predicted octanol–water partition coefficient (Wildman–Crippen LogP) is 3.16. The molecule has 0 saturated heterocycles. The maximum absolute atomic E-state index is 9.91. The van der Waals surface area contributed by atoms with Gasteiger partial charge in [-0.05, 0) is 43.7 Å². The second-order valence-electron chi connectivity index (χ2n) is 5.03. The van der Waals surface area contributed by atoms with E-state index in [0.717, 1.165) is 11.4 Å². The first kappa shape index (κ1) is 14.4. The Hall–Kier alpha value is -2.00. The molecule has 0 spiro atoms. The molecule has 20 heavy (non-hydrogen) atoms. The topological polar surface area (TPSA) is 41.5 Å². The van der Waals surface area contributed by atoms with Crippen molar-refractivity contribution in [2.24, 2.45) is 0 Å². The van der Waals surface area contributed by atoms with Gasteiger partial charge < -0.3 is 15.2 Å². The summed E-state index contributed by atoms with van der Waals surface area (Å²) in [7, 11) is 0. The molecule has 0 aromatic heterocycles. The fourth-order valence-electron chi connectivity index (χ4n) is 1.88. The van der Waals surface area contributed by atoms with Crippen molar-refractivity contribution in [3.05, 3.63) is 59.7 Å². The Morgan fingerprint density at radius 1 is 1.05 bits per heavy atom. The molecule has 3 nitrogen and oxygen atoms in total. The third-order valence-electron chi connectivity index (χ3n) is 3.02. The van der Waals surface area contributed by atoms with Gasteiger partial charge in [0.1, 0.15) is 18.5 Å². The van der Waals surface area contributed by atoms with Crippen LogP contribution in [0.5, 0.6) is 5.75 Å².